The number of rotatable bonds is 7. The van der Waals surface area contributed by atoms with Gasteiger partial charge in [-0.1, -0.05) is 35.6 Å². The van der Waals surface area contributed by atoms with E-state index < -0.39 is 0 Å². The molecule has 1 aromatic heterocycles. The fourth-order valence-electron chi connectivity index (χ4n) is 4.30. The van der Waals surface area contributed by atoms with E-state index in [2.05, 4.69) is 20.1 Å². The second-order valence-electron chi connectivity index (χ2n) is 8.39. The smallest absolute Gasteiger partial charge is 0.270 e. The highest BCUT2D eigenvalue weighted by atomic mass is 32.1. The van der Waals surface area contributed by atoms with E-state index in [0.29, 0.717) is 17.9 Å². The number of fused-ring (bicyclic) bond motifs is 2. The lowest BCUT2D eigenvalue weighted by molar-refractivity contribution is -0.384. The number of nitrogens with one attached hydrogen (secondary N) is 1. The molecule has 0 bridgehead atoms. The summed E-state index contributed by atoms with van der Waals surface area (Å²) in [4.78, 5) is 32.7. The molecule has 0 saturated carbocycles. The van der Waals surface area contributed by atoms with Gasteiger partial charge in [-0.05, 0) is 29.0 Å². The molecule has 1 saturated heterocycles. The lowest BCUT2D eigenvalue weighted by atomic mass is 10.1. The van der Waals surface area contributed by atoms with E-state index in [9.17, 15) is 14.9 Å². The van der Waals surface area contributed by atoms with Crippen molar-refractivity contribution in [2.75, 3.05) is 51.3 Å². The highest BCUT2D eigenvalue weighted by molar-refractivity contribution is 7.22. The third kappa shape index (κ3) is 4.89. The first-order valence-electron chi connectivity index (χ1n) is 11.4. The number of thiazole rings is 1. The van der Waals surface area contributed by atoms with Crippen LogP contribution in [-0.4, -0.2) is 67.1 Å². The second-order valence-corrected chi connectivity index (χ2v) is 9.40. The minimum absolute atomic E-state index is 0.0841. The number of methoxy groups -OCH3 is 1. The molecular formula is C25H25N5O4S. The Bertz CT molecular complexity index is 1400. The van der Waals surface area contributed by atoms with E-state index in [1.807, 2.05) is 36.4 Å². The Kier molecular flexibility index (Phi) is 6.47. The number of amides is 1. The van der Waals surface area contributed by atoms with Crippen molar-refractivity contribution in [3.63, 3.8) is 0 Å². The van der Waals surface area contributed by atoms with Crippen LogP contribution in [0.3, 0.4) is 0 Å². The Balaban J connectivity index is 1.15. The molecule has 0 aliphatic carbocycles. The van der Waals surface area contributed by atoms with Gasteiger partial charge < -0.3 is 15.0 Å². The van der Waals surface area contributed by atoms with E-state index in [1.165, 1.54) is 17.4 Å². The normalized spacial score (nSPS) is 14.4. The molecule has 0 unspecified atom stereocenters. The van der Waals surface area contributed by atoms with E-state index in [1.54, 1.807) is 19.2 Å². The van der Waals surface area contributed by atoms with Crippen molar-refractivity contribution in [3.8, 4) is 5.75 Å². The molecule has 5 rings (SSSR count). The molecule has 9 nitrogen and oxygen atoms in total. The van der Waals surface area contributed by atoms with Crippen LogP contribution in [0, 0.1) is 10.1 Å². The van der Waals surface area contributed by atoms with Crippen molar-refractivity contribution < 1.29 is 14.5 Å². The predicted octanol–water partition coefficient (Wildman–Crippen LogP) is 3.92. The number of anilines is 1. The lowest BCUT2D eigenvalue weighted by Crippen LogP contribution is -2.48. The molecule has 1 N–H and O–H groups in total. The fraction of sp³-hybridized carbons (Fsp3) is 0.280. The SMILES string of the molecule is COc1cc2ccccc2cc1C(=O)NCCN1CCN(c2nc3ccc([N+](=O)[O-])cc3s2)CC1. The van der Waals surface area contributed by atoms with Crippen molar-refractivity contribution in [1.29, 1.82) is 0 Å². The molecular weight excluding hydrogens is 466 g/mol. The van der Waals surface area contributed by atoms with Crippen molar-refractivity contribution in [3.05, 3.63) is 70.3 Å². The van der Waals surface area contributed by atoms with Gasteiger partial charge in [0.1, 0.15) is 5.75 Å². The molecule has 35 heavy (non-hydrogen) atoms. The standard InChI is InChI=1S/C25H25N5O4S/c1-34-22-15-18-5-3-2-4-17(18)14-20(22)24(31)26-8-9-28-10-12-29(13-11-28)25-27-21-7-6-19(30(32)33)16-23(21)35-25/h2-7,14-16H,8-13H2,1H3,(H,26,31). The molecule has 1 fully saturated rings. The quantitative estimate of drug-likeness (QED) is 0.309. The molecule has 1 amide bonds. The number of hydrogen-bond acceptors (Lipinski definition) is 8. The van der Waals surface area contributed by atoms with Gasteiger partial charge in [0.2, 0.25) is 0 Å². The minimum atomic E-state index is -0.382. The van der Waals surface area contributed by atoms with Gasteiger partial charge in [-0.2, -0.15) is 0 Å². The monoisotopic (exact) mass is 491 g/mol. The number of ether oxygens (including phenoxy) is 1. The first-order valence-corrected chi connectivity index (χ1v) is 12.2. The Morgan fingerprint density at radius 1 is 1.11 bits per heavy atom. The number of nitro benzene ring substituents is 1. The summed E-state index contributed by atoms with van der Waals surface area (Å²) in [6.07, 6.45) is 0. The minimum Gasteiger partial charge on any atom is -0.496 e. The summed E-state index contributed by atoms with van der Waals surface area (Å²) in [5, 5.41) is 17.0. The summed E-state index contributed by atoms with van der Waals surface area (Å²) >= 11 is 1.48. The number of nitrogens with zero attached hydrogens (tertiary/aromatic N) is 4. The molecule has 1 aliphatic heterocycles. The first kappa shape index (κ1) is 23.0. The van der Waals surface area contributed by atoms with Crippen molar-refractivity contribution >= 4 is 49.1 Å². The van der Waals surface area contributed by atoms with E-state index >= 15 is 0 Å². The van der Waals surface area contributed by atoms with Crippen LogP contribution in [0.2, 0.25) is 0 Å². The largest absolute Gasteiger partial charge is 0.496 e. The summed E-state index contributed by atoms with van der Waals surface area (Å²) < 4.78 is 6.27. The first-order chi connectivity index (χ1) is 17.0. The van der Waals surface area contributed by atoms with Gasteiger partial charge in [-0.25, -0.2) is 4.98 Å². The number of non-ortho nitro benzene ring substituents is 1. The van der Waals surface area contributed by atoms with Gasteiger partial charge in [0, 0.05) is 51.4 Å². The predicted molar refractivity (Wildman–Crippen MR) is 138 cm³/mol. The van der Waals surface area contributed by atoms with E-state index in [-0.39, 0.29) is 16.5 Å². The van der Waals surface area contributed by atoms with Gasteiger partial charge >= 0.3 is 0 Å². The highest BCUT2D eigenvalue weighted by Crippen LogP contribution is 2.32. The maximum atomic E-state index is 12.8. The van der Waals surface area contributed by atoms with Crippen LogP contribution < -0.4 is 15.0 Å². The molecule has 0 radical (unpaired) electrons. The molecule has 0 spiro atoms. The Morgan fingerprint density at radius 3 is 2.57 bits per heavy atom. The lowest BCUT2D eigenvalue weighted by Gasteiger charge is -2.34. The van der Waals surface area contributed by atoms with Crippen LogP contribution in [0.1, 0.15) is 10.4 Å². The number of carbonyl (C=O) groups is 1. The Morgan fingerprint density at radius 2 is 1.86 bits per heavy atom. The molecule has 180 valence electrons. The van der Waals surface area contributed by atoms with Gasteiger partial charge in [0.05, 0.1) is 27.8 Å². The van der Waals surface area contributed by atoms with Gasteiger partial charge in [0.15, 0.2) is 5.13 Å². The zero-order valence-corrected chi connectivity index (χ0v) is 20.1. The molecule has 2 heterocycles. The van der Waals surface area contributed by atoms with Gasteiger partial charge in [0.25, 0.3) is 11.6 Å². The van der Waals surface area contributed by atoms with Gasteiger partial charge in [-0.15, -0.1) is 0 Å². The molecule has 4 aromatic rings. The Hall–Kier alpha value is -3.76. The maximum absolute atomic E-state index is 12.8. The molecule has 1 aliphatic rings. The summed E-state index contributed by atoms with van der Waals surface area (Å²) in [6, 6.07) is 16.4. The maximum Gasteiger partial charge on any atom is 0.270 e. The van der Waals surface area contributed by atoms with Crippen molar-refractivity contribution in [2.24, 2.45) is 0 Å². The van der Waals surface area contributed by atoms with E-state index in [4.69, 9.17) is 4.74 Å². The summed E-state index contributed by atoms with van der Waals surface area (Å²) in [5.41, 5.74) is 1.40. The average molecular weight is 492 g/mol. The number of aromatic nitrogens is 1. The van der Waals surface area contributed by atoms with Crippen LogP contribution in [0.4, 0.5) is 10.8 Å². The van der Waals surface area contributed by atoms with Crippen LogP contribution in [0.15, 0.2) is 54.6 Å². The van der Waals surface area contributed by atoms with Crippen LogP contribution in [0.5, 0.6) is 5.75 Å². The molecule has 3 aromatic carbocycles. The third-order valence-corrected chi connectivity index (χ3v) is 7.32. The van der Waals surface area contributed by atoms with E-state index in [0.717, 1.165) is 58.8 Å². The fourth-order valence-corrected chi connectivity index (χ4v) is 5.35. The van der Waals surface area contributed by atoms with Crippen molar-refractivity contribution in [1.82, 2.24) is 15.2 Å². The molecule has 0 atom stereocenters. The zero-order chi connectivity index (χ0) is 24.4. The van der Waals surface area contributed by atoms with Crippen LogP contribution in [0.25, 0.3) is 21.0 Å². The number of nitro groups is 1. The number of carbonyl (C=O) groups excluding carboxylic acids is 1. The third-order valence-electron chi connectivity index (χ3n) is 6.24. The average Bonchev–Trinajstić information content (AvgIpc) is 3.31. The van der Waals surface area contributed by atoms with Crippen LogP contribution >= 0.6 is 11.3 Å². The highest BCUT2D eigenvalue weighted by Gasteiger charge is 2.21. The zero-order valence-electron chi connectivity index (χ0n) is 19.3. The second kappa shape index (κ2) is 9.85. The summed E-state index contributed by atoms with van der Waals surface area (Å²) in [7, 11) is 1.58. The summed E-state index contributed by atoms with van der Waals surface area (Å²) in [6.45, 7) is 4.63. The van der Waals surface area contributed by atoms with Gasteiger partial charge in [-0.3, -0.25) is 19.8 Å². The molecule has 10 heteroatoms. The Labute approximate surface area is 206 Å². The topological polar surface area (TPSA) is 101 Å². The number of benzene rings is 3. The van der Waals surface area contributed by atoms with Crippen molar-refractivity contribution in [2.45, 2.75) is 0 Å². The number of hydrogen-bond donors (Lipinski definition) is 1. The number of piperazine rings is 1. The van der Waals surface area contributed by atoms with Crippen LogP contribution in [-0.2, 0) is 0 Å². The summed E-state index contributed by atoms with van der Waals surface area (Å²) in [5.74, 6) is 0.422.